The van der Waals surface area contributed by atoms with Crippen LogP contribution in [-0.4, -0.2) is 17.6 Å². The predicted molar refractivity (Wildman–Crippen MR) is 96.4 cm³/mol. The zero-order chi connectivity index (χ0) is 17.2. The first-order valence-corrected chi connectivity index (χ1v) is 9.32. The largest absolute Gasteiger partial charge is 0.361 e. The maximum atomic E-state index is 12.0. The highest BCUT2D eigenvalue weighted by atomic mass is 16.5. The monoisotopic (exact) mass is 339 g/mol. The fourth-order valence-electron chi connectivity index (χ4n) is 3.84. The lowest BCUT2D eigenvalue weighted by Gasteiger charge is -2.19. The van der Waals surface area contributed by atoms with Crippen LogP contribution in [0.4, 0.5) is 5.69 Å². The minimum absolute atomic E-state index is 0.189. The van der Waals surface area contributed by atoms with Gasteiger partial charge in [-0.2, -0.15) is 0 Å². The first-order valence-electron chi connectivity index (χ1n) is 9.32. The summed E-state index contributed by atoms with van der Waals surface area (Å²) in [5.41, 5.74) is 4.55. The number of aromatic nitrogens is 1. The molecule has 1 N–H and O–H groups in total. The minimum atomic E-state index is 0.189. The molecule has 1 aromatic heterocycles. The van der Waals surface area contributed by atoms with Gasteiger partial charge in [0, 0.05) is 43.2 Å². The van der Waals surface area contributed by atoms with Crippen LogP contribution in [0.15, 0.2) is 28.8 Å². The van der Waals surface area contributed by atoms with Gasteiger partial charge < -0.3 is 14.7 Å². The summed E-state index contributed by atoms with van der Waals surface area (Å²) in [6.07, 6.45) is 6.14. The fraction of sp³-hybridized carbons (Fsp3) is 0.500. The summed E-state index contributed by atoms with van der Waals surface area (Å²) in [5, 5.41) is 7.82. The van der Waals surface area contributed by atoms with Crippen molar-refractivity contribution in [3.05, 3.63) is 46.8 Å². The molecule has 2 heterocycles. The zero-order valence-electron chi connectivity index (χ0n) is 14.8. The second kappa shape index (κ2) is 7.00. The standard InChI is InChI=1S/C20H25N3O2/c1-14(21-13-18-17-8-2-3-9-19(17)25-22-18)15-6-4-7-16(12-15)23-11-5-10-20(23)24/h4,6-7,12,14,21H,2-3,5,8-11,13H2,1H3/t14-/m0/s1. The molecule has 132 valence electrons. The van der Waals surface area contributed by atoms with Crippen molar-refractivity contribution in [1.82, 2.24) is 10.5 Å². The SMILES string of the molecule is C[C@H](NCc1noc2c1CCCC2)c1cccc(N2CCCC2=O)c1. The molecule has 0 spiro atoms. The Morgan fingerprint density at radius 3 is 2.96 bits per heavy atom. The minimum Gasteiger partial charge on any atom is -0.361 e. The van der Waals surface area contributed by atoms with Crippen molar-refractivity contribution >= 4 is 11.6 Å². The molecule has 5 nitrogen and oxygen atoms in total. The molecule has 1 aromatic carbocycles. The highest BCUT2D eigenvalue weighted by Gasteiger charge is 2.22. The normalized spacial score (nSPS) is 18.4. The molecule has 1 aliphatic carbocycles. The molecule has 0 unspecified atom stereocenters. The molecule has 1 fully saturated rings. The third-order valence-electron chi connectivity index (χ3n) is 5.36. The Hall–Kier alpha value is -2.14. The molecule has 0 radical (unpaired) electrons. The Morgan fingerprint density at radius 1 is 1.24 bits per heavy atom. The molecule has 0 saturated carbocycles. The van der Waals surface area contributed by atoms with Crippen LogP contribution in [-0.2, 0) is 24.2 Å². The van der Waals surface area contributed by atoms with E-state index in [-0.39, 0.29) is 11.9 Å². The van der Waals surface area contributed by atoms with Gasteiger partial charge in [0.2, 0.25) is 5.91 Å². The second-order valence-electron chi connectivity index (χ2n) is 7.08. The number of carbonyl (C=O) groups excluding carboxylic acids is 1. The first-order chi connectivity index (χ1) is 12.2. The highest BCUT2D eigenvalue weighted by molar-refractivity contribution is 5.95. The quantitative estimate of drug-likeness (QED) is 0.905. The highest BCUT2D eigenvalue weighted by Crippen LogP contribution is 2.26. The number of aryl methyl sites for hydroxylation is 1. The molecule has 25 heavy (non-hydrogen) atoms. The van der Waals surface area contributed by atoms with Crippen LogP contribution >= 0.6 is 0 Å². The number of carbonyl (C=O) groups is 1. The van der Waals surface area contributed by atoms with Crippen LogP contribution in [0.5, 0.6) is 0 Å². The van der Waals surface area contributed by atoms with Crippen LogP contribution in [0.3, 0.4) is 0 Å². The van der Waals surface area contributed by atoms with Gasteiger partial charge in [-0.1, -0.05) is 17.3 Å². The zero-order valence-corrected chi connectivity index (χ0v) is 14.8. The predicted octanol–water partition coefficient (Wildman–Crippen LogP) is 3.53. The van der Waals surface area contributed by atoms with Gasteiger partial charge in [-0.05, 0) is 50.3 Å². The number of nitrogens with one attached hydrogen (secondary N) is 1. The van der Waals surface area contributed by atoms with Gasteiger partial charge in [-0.3, -0.25) is 4.79 Å². The van der Waals surface area contributed by atoms with Crippen molar-refractivity contribution in [2.45, 2.75) is 58.0 Å². The van der Waals surface area contributed by atoms with E-state index in [0.717, 1.165) is 42.9 Å². The van der Waals surface area contributed by atoms with E-state index in [9.17, 15) is 4.79 Å². The number of nitrogens with zero attached hydrogens (tertiary/aromatic N) is 2. The number of fused-ring (bicyclic) bond motifs is 1. The number of amides is 1. The van der Waals surface area contributed by atoms with E-state index in [1.54, 1.807) is 0 Å². The van der Waals surface area contributed by atoms with E-state index in [4.69, 9.17) is 4.52 Å². The molecule has 1 amide bonds. The maximum absolute atomic E-state index is 12.0. The van der Waals surface area contributed by atoms with Crippen molar-refractivity contribution in [2.24, 2.45) is 0 Å². The van der Waals surface area contributed by atoms with Crippen LogP contribution in [0, 0.1) is 0 Å². The van der Waals surface area contributed by atoms with Gasteiger partial charge in [-0.25, -0.2) is 0 Å². The Morgan fingerprint density at radius 2 is 2.12 bits per heavy atom. The van der Waals surface area contributed by atoms with Crippen molar-refractivity contribution in [1.29, 1.82) is 0 Å². The molecule has 0 bridgehead atoms. The summed E-state index contributed by atoms with van der Waals surface area (Å²) in [7, 11) is 0. The number of hydrogen-bond donors (Lipinski definition) is 1. The van der Waals surface area contributed by atoms with E-state index >= 15 is 0 Å². The Kier molecular flexibility index (Phi) is 4.57. The van der Waals surface area contributed by atoms with Gasteiger partial charge in [0.05, 0.1) is 0 Å². The van der Waals surface area contributed by atoms with E-state index in [2.05, 4.69) is 29.5 Å². The summed E-state index contributed by atoms with van der Waals surface area (Å²) in [4.78, 5) is 13.9. The fourth-order valence-corrected chi connectivity index (χ4v) is 3.84. The second-order valence-corrected chi connectivity index (χ2v) is 7.08. The number of hydrogen-bond acceptors (Lipinski definition) is 4. The van der Waals surface area contributed by atoms with Crippen LogP contribution in [0.2, 0.25) is 0 Å². The molecule has 2 aliphatic rings. The molecule has 1 saturated heterocycles. The Bertz CT molecular complexity index is 768. The van der Waals surface area contributed by atoms with Crippen molar-refractivity contribution in [3.63, 3.8) is 0 Å². The molecule has 1 atom stereocenters. The molecule has 5 heteroatoms. The topological polar surface area (TPSA) is 58.4 Å². The Balaban J connectivity index is 1.43. The van der Waals surface area contributed by atoms with Crippen LogP contribution in [0.25, 0.3) is 0 Å². The van der Waals surface area contributed by atoms with Gasteiger partial charge >= 0.3 is 0 Å². The first kappa shape index (κ1) is 16.3. The lowest BCUT2D eigenvalue weighted by molar-refractivity contribution is -0.117. The van der Waals surface area contributed by atoms with Gasteiger partial charge in [-0.15, -0.1) is 0 Å². The van der Waals surface area contributed by atoms with Crippen molar-refractivity contribution in [3.8, 4) is 0 Å². The van der Waals surface area contributed by atoms with E-state index < -0.39 is 0 Å². The molecular weight excluding hydrogens is 314 g/mol. The van der Waals surface area contributed by atoms with E-state index in [0.29, 0.717) is 13.0 Å². The summed E-state index contributed by atoms with van der Waals surface area (Å²) >= 11 is 0. The lowest BCUT2D eigenvalue weighted by Crippen LogP contribution is -2.24. The molecule has 2 aromatic rings. The van der Waals surface area contributed by atoms with Gasteiger partial charge in [0.1, 0.15) is 11.5 Å². The molecular formula is C20H25N3O2. The number of anilines is 1. The molecule has 4 rings (SSSR count). The summed E-state index contributed by atoms with van der Waals surface area (Å²) in [6, 6.07) is 8.48. The van der Waals surface area contributed by atoms with E-state index in [1.807, 2.05) is 17.0 Å². The average molecular weight is 339 g/mol. The third-order valence-corrected chi connectivity index (χ3v) is 5.36. The number of rotatable bonds is 5. The molecule has 1 aliphatic heterocycles. The third kappa shape index (κ3) is 3.33. The van der Waals surface area contributed by atoms with E-state index in [1.165, 1.54) is 24.0 Å². The van der Waals surface area contributed by atoms with Crippen LogP contribution < -0.4 is 10.2 Å². The lowest BCUT2D eigenvalue weighted by atomic mass is 9.96. The average Bonchev–Trinajstić information content (AvgIpc) is 3.26. The summed E-state index contributed by atoms with van der Waals surface area (Å²) in [5.74, 6) is 1.30. The number of benzene rings is 1. The van der Waals surface area contributed by atoms with Crippen molar-refractivity contribution < 1.29 is 9.32 Å². The summed E-state index contributed by atoms with van der Waals surface area (Å²) < 4.78 is 5.49. The van der Waals surface area contributed by atoms with Crippen molar-refractivity contribution in [2.75, 3.05) is 11.4 Å². The smallest absolute Gasteiger partial charge is 0.227 e. The summed E-state index contributed by atoms with van der Waals surface area (Å²) in [6.45, 7) is 3.69. The van der Waals surface area contributed by atoms with Crippen LogP contribution in [0.1, 0.15) is 61.2 Å². The van der Waals surface area contributed by atoms with Gasteiger partial charge in [0.25, 0.3) is 0 Å². The maximum Gasteiger partial charge on any atom is 0.227 e. The Labute approximate surface area is 148 Å². The van der Waals surface area contributed by atoms with Gasteiger partial charge in [0.15, 0.2) is 0 Å².